The summed E-state index contributed by atoms with van der Waals surface area (Å²) in [5, 5.41) is 3.24. The molecule has 6 heteroatoms. The van der Waals surface area contributed by atoms with Crippen LogP contribution in [0.3, 0.4) is 0 Å². The molecule has 5 nitrogen and oxygen atoms in total. The number of ether oxygens (including phenoxy) is 1. The van der Waals surface area contributed by atoms with Crippen LogP contribution in [0.4, 0.5) is 0 Å². The number of hydrogen-bond donors (Lipinski definition) is 1. The smallest absolute Gasteiger partial charge is 0.216 e. The second-order valence-corrected chi connectivity index (χ2v) is 8.58. The minimum absolute atomic E-state index is 0.119. The lowest BCUT2D eigenvalue weighted by molar-refractivity contribution is 0.193. The van der Waals surface area contributed by atoms with Crippen molar-refractivity contribution in [3.8, 4) is 0 Å². The van der Waals surface area contributed by atoms with Crippen LogP contribution in [0.2, 0.25) is 0 Å². The normalized spacial score (nSPS) is 26.0. The Morgan fingerprint density at radius 3 is 2.62 bits per heavy atom. The number of methoxy groups -OCH3 is 1. The first kappa shape index (κ1) is 17.2. The van der Waals surface area contributed by atoms with Crippen LogP contribution in [0.5, 0.6) is 0 Å². The third-order valence-electron chi connectivity index (χ3n) is 4.73. The standard InChI is InChI=1S/C15H30N2O3S/c1-20-11-9-16-12-14-6-5-10-17(13-14)21(18,19)15-7-3-2-4-8-15/h14-16H,2-13H2,1H3. The van der Waals surface area contributed by atoms with E-state index in [4.69, 9.17) is 4.74 Å². The average molecular weight is 318 g/mol. The van der Waals surface area contributed by atoms with Crippen LogP contribution in [-0.4, -0.2) is 57.9 Å². The van der Waals surface area contributed by atoms with Crippen molar-refractivity contribution in [3.05, 3.63) is 0 Å². The largest absolute Gasteiger partial charge is 0.383 e. The molecule has 124 valence electrons. The van der Waals surface area contributed by atoms with Crippen molar-refractivity contribution >= 4 is 10.0 Å². The molecule has 1 saturated heterocycles. The predicted octanol–water partition coefficient (Wildman–Crippen LogP) is 1.60. The Hall–Kier alpha value is -0.170. The van der Waals surface area contributed by atoms with Gasteiger partial charge < -0.3 is 10.1 Å². The first-order valence-electron chi connectivity index (χ1n) is 8.33. The highest BCUT2D eigenvalue weighted by Crippen LogP contribution is 2.28. The third-order valence-corrected chi connectivity index (χ3v) is 7.10. The monoisotopic (exact) mass is 318 g/mol. The molecule has 2 rings (SSSR count). The quantitative estimate of drug-likeness (QED) is 0.724. The molecule has 1 aliphatic carbocycles. The van der Waals surface area contributed by atoms with Gasteiger partial charge in [0, 0.05) is 26.7 Å². The SMILES string of the molecule is COCCNCC1CCCN(S(=O)(=O)C2CCCCC2)C1. The number of nitrogens with zero attached hydrogens (tertiary/aromatic N) is 1. The van der Waals surface area contributed by atoms with Crippen LogP contribution in [0.25, 0.3) is 0 Å². The minimum Gasteiger partial charge on any atom is -0.383 e. The summed E-state index contributed by atoms with van der Waals surface area (Å²) in [6.07, 6.45) is 7.15. The summed E-state index contributed by atoms with van der Waals surface area (Å²) in [4.78, 5) is 0. The van der Waals surface area contributed by atoms with Gasteiger partial charge in [-0.25, -0.2) is 12.7 Å². The van der Waals surface area contributed by atoms with Crippen LogP contribution < -0.4 is 5.32 Å². The predicted molar refractivity (Wildman–Crippen MR) is 84.8 cm³/mol. The maximum Gasteiger partial charge on any atom is 0.216 e. The molecule has 0 amide bonds. The topological polar surface area (TPSA) is 58.6 Å². The molecule has 1 heterocycles. The fourth-order valence-corrected chi connectivity index (χ4v) is 5.63. The molecule has 0 aromatic heterocycles. The molecular formula is C15H30N2O3S. The van der Waals surface area contributed by atoms with E-state index in [-0.39, 0.29) is 5.25 Å². The van der Waals surface area contributed by atoms with Crippen LogP contribution >= 0.6 is 0 Å². The molecule has 0 aromatic rings. The molecule has 1 N–H and O–H groups in total. The summed E-state index contributed by atoms with van der Waals surface area (Å²) < 4.78 is 32.3. The Labute approximate surface area is 129 Å². The lowest BCUT2D eigenvalue weighted by Crippen LogP contribution is -2.47. The van der Waals surface area contributed by atoms with E-state index in [9.17, 15) is 8.42 Å². The summed E-state index contributed by atoms with van der Waals surface area (Å²) in [6.45, 7) is 3.84. The Bertz CT molecular complexity index is 394. The first-order valence-corrected chi connectivity index (χ1v) is 9.83. The van der Waals surface area contributed by atoms with Gasteiger partial charge >= 0.3 is 0 Å². The van der Waals surface area contributed by atoms with Crippen LogP contribution in [-0.2, 0) is 14.8 Å². The van der Waals surface area contributed by atoms with Crippen LogP contribution in [0, 0.1) is 5.92 Å². The summed E-state index contributed by atoms with van der Waals surface area (Å²) in [7, 11) is -1.38. The van der Waals surface area contributed by atoms with E-state index in [2.05, 4.69) is 5.32 Å². The van der Waals surface area contributed by atoms with Gasteiger partial charge in [0.2, 0.25) is 10.0 Å². The Morgan fingerprint density at radius 1 is 1.14 bits per heavy atom. The van der Waals surface area contributed by atoms with Gasteiger partial charge in [-0.15, -0.1) is 0 Å². The zero-order chi connectivity index (χ0) is 15.1. The van der Waals surface area contributed by atoms with Gasteiger partial charge in [-0.1, -0.05) is 19.3 Å². The van der Waals surface area contributed by atoms with Crippen LogP contribution in [0.15, 0.2) is 0 Å². The van der Waals surface area contributed by atoms with Crippen molar-refractivity contribution in [3.63, 3.8) is 0 Å². The van der Waals surface area contributed by atoms with E-state index in [1.807, 2.05) is 0 Å². The summed E-state index contributed by atoms with van der Waals surface area (Å²) >= 11 is 0. The van der Waals surface area contributed by atoms with Gasteiger partial charge in [0.15, 0.2) is 0 Å². The lowest BCUT2D eigenvalue weighted by Gasteiger charge is -2.35. The van der Waals surface area contributed by atoms with Gasteiger partial charge in [0.05, 0.1) is 11.9 Å². The fraction of sp³-hybridized carbons (Fsp3) is 1.00. The first-order chi connectivity index (χ1) is 10.1. The van der Waals surface area contributed by atoms with Crippen molar-refractivity contribution in [1.82, 2.24) is 9.62 Å². The second kappa shape index (κ2) is 8.46. The van der Waals surface area contributed by atoms with E-state index in [1.54, 1.807) is 11.4 Å². The lowest BCUT2D eigenvalue weighted by atomic mass is 10.00. The van der Waals surface area contributed by atoms with Crippen molar-refractivity contribution in [2.24, 2.45) is 5.92 Å². The molecule has 1 saturated carbocycles. The summed E-state index contributed by atoms with van der Waals surface area (Å²) in [5.74, 6) is 0.439. The number of sulfonamides is 1. The summed E-state index contributed by atoms with van der Waals surface area (Å²) in [5.41, 5.74) is 0. The number of hydrogen-bond acceptors (Lipinski definition) is 4. The Balaban J connectivity index is 1.84. The van der Waals surface area contributed by atoms with Crippen molar-refractivity contribution in [1.29, 1.82) is 0 Å². The minimum atomic E-state index is -3.07. The third kappa shape index (κ3) is 4.91. The molecule has 2 aliphatic rings. The van der Waals surface area contributed by atoms with Crippen molar-refractivity contribution in [2.45, 2.75) is 50.2 Å². The van der Waals surface area contributed by atoms with E-state index < -0.39 is 10.0 Å². The van der Waals surface area contributed by atoms with Crippen molar-refractivity contribution in [2.75, 3.05) is 39.9 Å². The van der Waals surface area contributed by atoms with E-state index in [0.717, 1.165) is 51.6 Å². The zero-order valence-corrected chi connectivity index (χ0v) is 14.0. The van der Waals surface area contributed by atoms with Crippen LogP contribution in [0.1, 0.15) is 44.9 Å². The van der Waals surface area contributed by atoms with Gasteiger partial charge in [0.25, 0.3) is 0 Å². The number of nitrogens with one attached hydrogen (secondary N) is 1. The van der Waals surface area contributed by atoms with Gasteiger partial charge in [-0.2, -0.15) is 0 Å². The molecule has 0 bridgehead atoms. The van der Waals surface area contributed by atoms with Gasteiger partial charge in [-0.05, 0) is 38.1 Å². The average Bonchev–Trinajstić information content (AvgIpc) is 2.53. The second-order valence-electron chi connectivity index (χ2n) is 6.37. The fourth-order valence-electron chi connectivity index (χ4n) is 3.48. The molecule has 1 aliphatic heterocycles. The van der Waals surface area contributed by atoms with Gasteiger partial charge in [-0.3, -0.25) is 0 Å². The molecule has 1 unspecified atom stereocenters. The molecule has 0 radical (unpaired) electrons. The maximum absolute atomic E-state index is 12.7. The molecule has 21 heavy (non-hydrogen) atoms. The summed E-state index contributed by atoms with van der Waals surface area (Å²) in [6, 6.07) is 0. The maximum atomic E-state index is 12.7. The highest BCUT2D eigenvalue weighted by molar-refractivity contribution is 7.89. The Morgan fingerprint density at radius 2 is 1.90 bits per heavy atom. The molecule has 2 fully saturated rings. The van der Waals surface area contributed by atoms with E-state index >= 15 is 0 Å². The molecular weight excluding hydrogens is 288 g/mol. The van der Waals surface area contributed by atoms with E-state index in [1.165, 1.54) is 6.42 Å². The van der Waals surface area contributed by atoms with E-state index in [0.29, 0.717) is 25.6 Å². The molecule has 0 spiro atoms. The van der Waals surface area contributed by atoms with Gasteiger partial charge in [0.1, 0.15) is 0 Å². The molecule has 1 atom stereocenters. The zero-order valence-electron chi connectivity index (χ0n) is 13.2. The molecule has 0 aromatic carbocycles. The Kier molecular flexibility index (Phi) is 6.92. The number of piperidine rings is 1. The highest BCUT2D eigenvalue weighted by atomic mass is 32.2. The highest BCUT2D eigenvalue weighted by Gasteiger charge is 2.35. The number of rotatable bonds is 7. The van der Waals surface area contributed by atoms with Crippen molar-refractivity contribution < 1.29 is 13.2 Å².